The Morgan fingerprint density at radius 1 is 1.33 bits per heavy atom. The van der Waals surface area contributed by atoms with E-state index in [1.54, 1.807) is 0 Å². The van der Waals surface area contributed by atoms with Crippen LogP contribution in [-0.4, -0.2) is 13.2 Å². The van der Waals surface area contributed by atoms with Crippen LogP contribution >= 0.6 is 12.4 Å². The lowest BCUT2D eigenvalue weighted by Gasteiger charge is -2.14. The Bertz CT molecular complexity index is 281. The molecular formula is C11H19ClN2O. The molecule has 4 N–H and O–H groups in total. The number of hydrogen-bond acceptors (Lipinski definition) is 3. The molecule has 0 saturated heterocycles. The summed E-state index contributed by atoms with van der Waals surface area (Å²) in [6.07, 6.45) is 0.992. The van der Waals surface area contributed by atoms with Crippen molar-refractivity contribution in [3.05, 3.63) is 29.8 Å². The second-order valence-corrected chi connectivity index (χ2v) is 3.23. The maximum atomic E-state index is 5.86. The molecule has 1 rings (SSSR count). The van der Waals surface area contributed by atoms with Gasteiger partial charge in [0.1, 0.15) is 5.75 Å². The van der Waals surface area contributed by atoms with Crippen molar-refractivity contribution >= 4 is 12.4 Å². The zero-order valence-corrected chi connectivity index (χ0v) is 9.80. The molecular weight excluding hydrogens is 212 g/mol. The molecule has 0 aromatic heterocycles. The van der Waals surface area contributed by atoms with E-state index in [9.17, 15) is 0 Å². The molecule has 0 saturated carbocycles. The van der Waals surface area contributed by atoms with Crippen molar-refractivity contribution in [3.63, 3.8) is 0 Å². The van der Waals surface area contributed by atoms with Gasteiger partial charge in [0.15, 0.2) is 0 Å². The minimum atomic E-state index is -0.136. The van der Waals surface area contributed by atoms with E-state index in [1.165, 1.54) is 0 Å². The van der Waals surface area contributed by atoms with Gasteiger partial charge in [0.05, 0.1) is 6.61 Å². The van der Waals surface area contributed by atoms with Gasteiger partial charge in [-0.25, -0.2) is 0 Å². The van der Waals surface area contributed by atoms with Crippen LogP contribution in [0.2, 0.25) is 0 Å². The first-order chi connectivity index (χ1) is 6.79. The third-order valence-electron chi connectivity index (χ3n) is 2.03. The van der Waals surface area contributed by atoms with Crippen LogP contribution < -0.4 is 16.2 Å². The molecule has 86 valence electrons. The molecule has 1 aromatic carbocycles. The second kappa shape index (κ2) is 7.51. The molecule has 1 atom stereocenters. The highest BCUT2D eigenvalue weighted by atomic mass is 35.5. The van der Waals surface area contributed by atoms with Gasteiger partial charge in [-0.2, -0.15) is 0 Å². The Labute approximate surface area is 97.2 Å². The van der Waals surface area contributed by atoms with Gasteiger partial charge >= 0.3 is 0 Å². The molecule has 15 heavy (non-hydrogen) atoms. The SMILES string of the molecule is CCCOc1ccccc1[C@H](N)CN.Cl. The number of halogens is 1. The summed E-state index contributed by atoms with van der Waals surface area (Å²) in [6, 6.07) is 7.65. The molecule has 0 amide bonds. The van der Waals surface area contributed by atoms with Crippen molar-refractivity contribution in [2.45, 2.75) is 19.4 Å². The van der Waals surface area contributed by atoms with Crippen LogP contribution in [-0.2, 0) is 0 Å². The molecule has 0 radical (unpaired) electrons. The van der Waals surface area contributed by atoms with Crippen LogP contribution in [0.3, 0.4) is 0 Å². The summed E-state index contributed by atoms with van der Waals surface area (Å²) in [5.74, 6) is 0.854. The Kier molecular flexibility index (Phi) is 7.13. The molecule has 0 heterocycles. The smallest absolute Gasteiger partial charge is 0.124 e. The summed E-state index contributed by atoms with van der Waals surface area (Å²) in [5.41, 5.74) is 12.4. The summed E-state index contributed by atoms with van der Waals surface area (Å²) in [5, 5.41) is 0. The van der Waals surface area contributed by atoms with Crippen LogP contribution in [0.5, 0.6) is 5.75 Å². The summed E-state index contributed by atoms with van der Waals surface area (Å²) < 4.78 is 5.57. The van der Waals surface area contributed by atoms with E-state index in [1.807, 2.05) is 24.3 Å². The van der Waals surface area contributed by atoms with E-state index in [0.717, 1.165) is 17.7 Å². The third kappa shape index (κ3) is 4.08. The number of hydrogen-bond donors (Lipinski definition) is 2. The van der Waals surface area contributed by atoms with Gasteiger partial charge in [-0.3, -0.25) is 0 Å². The molecule has 4 heteroatoms. The standard InChI is InChI=1S/C11H18N2O.ClH/c1-2-7-14-11-6-4-3-5-9(11)10(13)8-12;/h3-6,10H,2,7-8,12-13H2,1H3;1H/t10-;/m1./s1. The van der Waals surface area contributed by atoms with Gasteiger partial charge in [0, 0.05) is 18.2 Å². The van der Waals surface area contributed by atoms with E-state index in [0.29, 0.717) is 13.2 Å². The molecule has 0 spiro atoms. The minimum absolute atomic E-state index is 0. The minimum Gasteiger partial charge on any atom is -0.493 e. The fourth-order valence-corrected chi connectivity index (χ4v) is 1.26. The number of ether oxygens (including phenoxy) is 1. The summed E-state index contributed by atoms with van der Waals surface area (Å²) >= 11 is 0. The lowest BCUT2D eigenvalue weighted by Crippen LogP contribution is -2.21. The van der Waals surface area contributed by atoms with Crippen molar-refractivity contribution in [1.29, 1.82) is 0 Å². The average Bonchev–Trinajstić information content (AvgIpc) is 2.25. The molecule has 0 bridgehead atoms. The third-order valence-corrected chi connectivity index (χ3v) is 2.03. The second-order valence-electron chi connectivity index (χ2n) is 3.23. The number of para-hydroxylation sites is 1. The lowest BCUT2D eigenvalue weighted by molar-refractivity contribution is 0.312. The fraction of sp³-hybridized carbons (Fsp3) is 0.455. The first-order valence-corrected chi connectivity index (χ1v) is 4.97. The summed E-state index contributed by atoms with van der Waals surface area (Å²) in [6.45, 7) is 3.23. The summed E-state index contributed by atoms with van der Waals surface area (Å²) in [7, 11) is 0. The zero-order chi connectivity index (χ0) is 10.4. The van der Waals surface area contributed by atoms with Gasteiger partial charge in [-0.05, 0) is 12.5 Å². The zero-order valence-electron chi connectivity index (χ0n) is 8.98. The highest BCUT2D eigenvalue weighted by Crippen LogP contribution is 2.22. The highest BCUT2D eigenvalue weighted by Gasteiger charge is 2.09. The highest BCUT2D eigenvalue weighted by molar-refractivity contribution is 5.85. The average molecular weight is 231 g/mol. The van der Waals surface area contributed by atoms with E-state index < -0.39 is 0 Å². The maximum absolute atomic E-state index is 5.86. The molecule has 0 unspecified atom stereocenters. The lowest BCUT2D eigenvalue weighted by atomic mass is 10.1. The number of nitrogens with two attached hydrogens (primary N) is 2. The van der Waals surface area contributed by atoms with Crippen LogP contribution in [0.1, 0.15) is 24.9 Å². The van der Waals surface area contributed by atoms with Gasteiger partial charge in [-0.15, -0.1) is 12.4 Å². The van der Waals surface area contributed by atoms with Crippen molar-refractivity contribution < 1.29 is 4.74 Å². The van der Waals surface area contributed by atoms with Gasteiger partial charge in [0.25, 0.3) is 0 Å². The predicted molar refractivity (Wildman–Crippen MR) is 65.5 cm³/mol. The van der Waals surface area contributed by atoms with Gasteiger partial charge in [0.2, 0.25) is 0 Å². The number of rotatable bonds is 5. The van der Waals surface area contributed by atoms with E-state index >= 15 is 0 Å². The van der Waals surface area contributed by atoms with Crippen molar-refractivity contribution in [2.24, 2.45) is 11.5 Å². The van der Waals surface area contributed by atoms with E-state index in [2.05, 4.69) is 6.92 Å². The van der Waals surface area contributed by atoms with E-state index in [4.69, 9.17) is 16.2 Å². The fourth-order valence-electron chi connectivity index (χ4n) is 1.26. The first kappa shape index (κ1) is 14.2. The Morgan fingerprint density at radius 2 is 2.00 bits per heavy atom. The maximum Gasteiger partial charge on any atom is 0.124 e. The van der Waals surface area contributed by atoms with Gasteiger partial charge in [-0.1, -0.05) is 25.1 Å². The first-order valence-electron chi connectivity index (χ1n) is 4.97. The molecule has 1 aromatic rings. The van der Waals surface area contributed by atoms with Crippen molar-refractivity contribution in [1.82, 2.24) is 0 Å². The molecule has 0 fully saturated rings. The van der Waals surface area contributed by atoms with Crippen molar-refractivity contribution in [2.75, 3.05) is 13.2 Å². The molecule has 3 nitrogen and oxygen atoms in total. The quantitative estimate of drug-likeness (QED) is 0.812. The predicted octanol–water partition coefficient (Wildman–Crippen LogP) is 1.86. The largest absolute Gasteiger partial charge is 0.493 e. The van der Waals surface area contributed by atoms with Crippen LogP contribution in [0.4, 0.5) is 0 Å². The number of benzene rings is 1. The molecule has 0 aliphatic carbocycles. The monoisotopic (exact) mass is 230 g/mol. The molecule has 0 aliphatic heterocycles. The Hall–Kier alpha value is -0.770. The van der Waals surface area contributed by atoms with E-state index in [-0.39, 0.29) is 18.4 Å². The topological polar surface area (TPSA) is 61.3 Å². The van der Waals surface area contributed by atoms with Crippen molar-refractivity contribution in [3.8, 4) is 5.75 Å². The Morgan fingerprint density at radius 3 is 2.60 bits per heavy atom. The van der Waals surface area contributed by atoms with Crippen LogP contribution in [0.15, 0.2) is 24.3 Å². The van der Waals surface area contributed by atoms with Crippen LogP contribution in [0.25, 0.3) is 0 Å². The molecule has 0 aliphatic rings. The normalized spacial score (nSPS) is 11.7. The Balaban J connectivity index is 0.00000196. The van der Waals surface area contributed by atoms with Crippen LogP contribution in [0, 0.1) is 0 Å². The van der Waals surface area contributed by atoms with Gasteiger partial charge < -0.3 is 16.2 Å². The summed E-state index contributed by atoms with van der Waals surface area (Å²) in [4.78, 5) is 0.